The van der Waals surface area contributed by atoms with Gasteiger partial charge in [0.25, 0.3) is 0 Å². The Bertz CT molecular complexity index is 693. The molecule has 0 spiro atoms. The van der Waals surface area contributed by atoms with E-state index in [4.69, 9.17) is 0 Å². The summed E-state index contributed by atoms with van der Waals surface area (Å²) in [6, 6.07) is 11.1. The third kappa shape index (κ3) is 1.78. The molecule has 17 heavy (non-hydrogen) atoms. The maximum absolute atomic E-state index is 9.49. The lowest BCUT2D eigenvalue weighted by Crippen LogP contribution is -1.88. The summed E-state index contributed by atoms with van der Waals surface area (Å²) in [6.07, 6.45) is 1.60. The summed E-state index contributed by atoms with van der Waals surface area (Å²) in [5.74, 6) is 0.894. The molecule has 1 aromatic carbocycles. The molecule has 0 saturated heterocycles. The minimum atomic E-state index is 0.188. The highest BCUT2D eigenvalue weighted by atomic mass is 79.9. The number of hydrogen-bond donors (Lipinski definition) is 1. The molecule has 0 radical (unpaired) electrons. The first-order valence-electron chi connectivity index (χ1n) is 5.04. The average molecular weight is 290 g/mol. The summed E-state index contributed by atoms with van der Waals surface area (Å²) < 4.78 is 2.74. The number of nitrogens with zero attached hydrogens (tertiary/aromatic N) is 3. The van der Waals surface area contributed by atoms with Crippen LogP contribution < -0.4 is 0 Å². The minimum Gasteiger partial charge on any atom is -0.506 e. The number of benzene rings is 1. The Morgan fingerprint density at radius 3 is 2.82 bits per heavy atom. The van der Waals surface area contributed by atoms with Crippen molar-refractivity contribution in [3.63, 3.8) is 0 Å². The predicted octanol–water partition coefficient (Wildman–Crippen LogP) is 2.86. The molecule has 3 aromatic rings. The fourth-order valence-corrected chi connectivity index (χ4v) is 2.10. The lowest BCUT2D eigenvalue weighted by atomic mass is 10.2. The Morgan fingerprint density at radius 1 is 1.12 bits per heavy atom. The highest BCUT2D eigenvalue weighted by molar-refractivity contribution is 9.10. The zero-order valence-corrected chi connectivity index (χ0v) is 10.3. The first-order chi connectivity index (χ1) is 8.24. The summed E-state index contributed by atoms with van der Waals surface area (Å²) in [5, 5.41) is 17.7. The van der Waals surface area contributed by atoms with E-state index in [0.717, 1.165) is 10.0 Å². The predicted molar refractivity (Wildman–Crippen MR) is 67.8 cm³/mol. The van der Waals surface area contributed by atoms with Crippen LogP contribution in [0.25, 0.3) is 17.0 Å². The molecule has 4 nitrogen and oxygen atoms in total. The van der Waals surface area contributed by atoms with Crippen molar-refractivity contribution >= 4 is 21.6 Å². The lowest BCUT2D eigenvalue weighted by molar-refractivity contribution is 0.472. The quantitative estimate of drug-likeness (QED) is 0.749. The van der Waals surface area contributed by atoms with E-state index in [1.54, 1.807) is 22.7 Å². The van der Waals surface area contributed by atoms with Gasteiger partial charge in [0.2, 0.25) is 0 Å². The number of hydrogen-bond acceptors (Lipinski definition) is 3. The first-order valence-corrected chi connectivity index (χ1v) is 5.83. The molecule has 0 aliphatic rings. The number of fused-ring (bicyclic) bond motifs is 1. The van der Waals surface area contributed by atoms with Crippen molar-refractivity contribution < 1.29 is 5.11 Å². The lowest BCUT2D eigenvalue weighted by Gasteiger charge is -2.01. The van der Waals surface area contributed by atoms with Crippen molar-refractivity contribution in [2.75, 3.05) is 0 Å². The third-order valence-electron chi connectivity index (χ3n) is 2.47. The SMILES string of the molecule is Oc1ccc2nnc(-c3cccc(Br)c3)n2c1. The van der Waals surface area contributed by atoms with Crippen molar-refractivity contribution in [2.45, 2.75) is 0 Å². The van der Waals surface area contributed by atoms with Gasteiger partial charge in [0.15, 0.2) is 11.5 Å². The molecule has 84 valence electrons. The molecule has 0 aliphatic heterocycles. The van der Waals surface area contributed by atoms with Gasteiger partial charge in [0.05, 0.1) is 6.20 Å². The highest BCUT2D eigenvalue weighted by Crippen LogP contribution is 2.23. The molecule has 0 aliphatic carbocycles. The van der Waals surface area contributed by atoms with E-state index in [0.29, 0.717) is 11.5 Å². The fraction of sp³-hybridized carbons (Fsp3) is 0. The maximum atomic E-state index is 9.49. The van der Waals surface area contributed by atoms with E-state index in [2.05, 4.69) is 26.1 Å². The number of halogens is 1. The fourth-order valence-electron chi connectivity index (χ4n) is 1.70. The van der Waals surface area contributed by atoms with E-state index < -0.39 is 0 Å². The van der Waals surface area contributed by atoms with Gasteiger partial charge in [-0.1, -0.05) is 28.1 Å². The molecule has 1 N–H and O–H groups in total. The highest BCUT2D eigenvalue weighted by Gasteiger charge is 2.08. The number of aromatic nitrogens is 3. The van der Waals surface area contributed by atoms with Gasteiger partial charge in [-0.2, -0.15) is 0 Å². The van der Waals surface area contributed by atoms with Crippen molar-refractivity contribution in [1.82, 2.24) is 14.6 Å². The molecular weight excluding hydrogens is 282 g/mol. The Morgan fingerprint density at radius 2 is 2.00 bits per heavy atom. The minimum absolute atomic E-state index is 0.188. The van der Waals surface area contributed by atoms with Gasteiger partial charge in [-0.05, 0) is 24.3 Å². The number of rotatable bonds is 1. The van der Waals surface area contributed by atoms with Crippen LogP contribution in [0.15, 0.2) is 47.1 Å². The first kappa shape index (κ1) is 10.3. The maximum Gasteiger partial charge on any atom is 0.168 e. The van der Waals surface area contributed by atoms with Gasteiger partial charge < -0.3 is 5.11 Å². The van der Waals surface area contributed by atoms with Gasteiger partial charge in [0, 0.05) is 10.0 Å². The average Bonchev–Trinajstić information content (AvgIpc) is 2.71. The normalized spacial score (nSPS) is 10.9. The Labute approximate surface area is 106 Å². The van der Waals surface area contributed by atoms with E-state index in [1.165, 1.54) is 0 Å². The van der Waals surface area contributed by atoms with E-state index in [9.17, 15) is 5.11 Å². The van der Waals surface area contributed by atoms with Crippen molar-refractivity contribution in [2.24, 2.45) is 0 Å². The largest absolute Gasteiger partial charge is 0.506 e. The summed E-state index contributed by atoms with van der Waals surface area (Å²) in [4.78, 5) is 0. The molecule has 0 amide bonds. The van der Waals surface area contributed by atoms with Crippen molar-refractivity contribution in [1.29, 1.82) is 0 Å². The van der Waals surface area contributed by atoms with Crippen LogP contribution in [-0.2, 0) is 0 Å². The van der Waals surface area contributed by atoms with Gasteiger partial charge in [0.1, 0.15) is 5.75 Å². The summed E-state index contributed by atoms with van der Waals surface area (Å²) in [5.41, 5.74) is 1.65. The molecule has 0 unspecified atom stereocenters. The van der Waals surface area contributed by atoms with Crippen LogP contribution in [0.4, 0.5) is 0 Å². The molecule has 0 bridgehead atoms. The molecule has 2 heterocycles. The molecule has 2 aromatic heterocycles. The van der Waals surface area contributed by atoms with Gasteiger partial charge in [-0.25, -0.2) is 0 Å². The smallest absolute Gasteiger partial charge is 0.168 e. The summed E-state index contributed by atoms with van der Waals surface area (Å²) >= 11 is 3.42. The summed E-state index contributed by atoms with van der Waals surface area (Å²) in [7, 11) is 0. The Balaban J connectivity index is 2.27. The van der Waals surface area contributed by atoms with Crippen molar-refractivity contribution in [3.05, 3.63) is 47.1 Å². The van der Waals surface area contributed by atoms with Crippen molar-refractivity contribution in [3.8, 4) is 17.1 Å². The zero-order valence-electron chi connectivity index (χ0n) is 8.71. The molecule has 0 saturated carbocycles. The van der Waals surface area contributed by atoms with Crippen LogP contribution in [0.5, 0.6) is 5.75 Å². The van der Waals surface area contributed by atoms with Crippen LogP contribution in [-0.4, -0.2) is 19.7 Å². The van der Waals surface area contributed by atoms with Crippen LogP contribution in [0, 0.1) is 0 Å². The van der Waals surface area contributed by atoms with Crippen LogP contribution in [0.2, 0.25) is 0 Å². The number of aromatic hydroxyl groups is 1. The Hall–Kier alpha value is -1.88. The van der Waals surface area contributed by atoms with E-state index in [-0.39, 0.29) is 5.75 Å². The second-order valence-electron chi connectivity index (χ2n) is 3.65. The standard InChI is InChI=1S/C12H8BrN3O/c13-9-3-1-2-8(6-9)12-15-14-11-5-4-10(17)7-16(11)12/h1-7,17H. The second kappa shape index (κ2) is 3.85. The van der Waals surface area contributed by atoms with Gasteiger partial charge in [-0.3, -0.25) is 4.40 Å². The topological polar surface area (TPSA) is 50.4 Å². The van der Waals surface area contributed by atoms with E-state index >= 15 is 0 Å². The molecule has 0 fully saturated rings. The van der Waals surface area contributed by atoms with Crippen LogP contribution in [0.3, 0.4) is 0 Å². The Kier molecular flexibility index (Phi) is 2.33. The van der Waals surface area contributed by atoms with E-state index in [1.807, 2.05) is 24.3 Å². The van der Waals surface area contributed by atoms with Crippen LogP contribution in [0.1, 0.15) is 0 Å². The van der Waals surface area contributed by atoms with Gasteiger partial charge in [-0.15, -0.1) is 10.2 Å². The zero-order chi connectivity index (χ0) is 11.8. The number of pyridine rings is 1. The summed E-state index contributed by atoms with van der Waals surface area (Å²) in [6.45, 7) is 0. The molecular formula is C12H8BrN3O. The molecule has 0 atom stereocenters. The van der Waals surface area contributed by atoms with Crippen LogP contribution >= 0.6 is 15.9 Å². The molecule has 5 heteroatoms. The molecule has 3 rings (SSSR count). The third-order valence-corrected chi connectivity index (χ3v) is 2.96. The second-order valence-corrected chi connectivity index (χ2v) is 4.57. The van der Waals surface area contributed by atoms with Gasteiger partial charge >= 0.3 is 0 Å². The monoisotopic (exact) mass is 289 g/mol.